The molecule has 12 heteroatoms. The molecule has 2 bridgehead atoms. The van der Waals surface area contributed by atoms with E-state index in [1.807, 2.05) is 0 Å². The fraction of sp³-hybridized carbons (Fsp3) is 0.850. The summed E-state index contributed by atoms with van der Waals surface area (Å²) in [6.07, 6.45) is 1.73. The fourth-order valence-electron chi connectivity index (χ4n) is 5.86. The van der Waals surface area contributed by atoms with Gasteiger partial charge in [0.25, 0.3) is 10.4 Å². The number of primary amides is 1. The molecule has 0 saturated carbocycles. The number of ether oxygens (including phenoxy) is 1. The number of nitrogens with zero attached hydrogens (tertiary/aromatic N) is 2. The van der Waals surface area contributed by atoms with Gasteiger partial charge in [-0.25, -0.2) is 4.79 Å². The molecule has 9 nitrogen and oxygen atoms in total. The molecule has 5 saturated heterocycles. The van der Waals surface area contributed by atoms with Crippen LogP contribution in [0.5, 0.6) is 0 Å². The van der Waals surface area contributed by atoms with Gasteiger partial charge in [-0.2, -0.15) is 0 Å². The number of hydrogen-bond donors (Lipinski definition) is 2. The normalized spacial score (nSPS) is 48.1. The van der Waals surface area contributed by atoms with E-state index in [2.05, 4.69) is 31.9 Å². The number of amides is 2. The first kappa shape index (κ1) is 24.7. The van der Waals surface area contributed by atoms with Crippen LogP contribution < -0.4 is 11.5 Å². The van der Waals surface area contributed by atoms with Crippen LogP contribution in [0.1, 0.15) is 47.0 Å². The number of piperidine rings is 3. The van der Waals surface area contributed by atoms with Gasteiger partial charge in [-0.05, 0) is 70.7 Å². The van der Waals surface area contributed by atoms with Crippen LogP contribution in [0.3, 0.4) is 0 Å². The second kappa shape index (κ2) is 7.07. The summed E-state index contributed by atoms with van der Waals surface area (Å²) in [5.41, 5.74) is 9.28. The van der Waals surface area contributed by atoms with Crippen LogP contribution in [0.2, 0.25) is 0 Å². The minimum absolute atomic E-state index is 0.0995. The number of β-lactam (4-membered cyclic amide) rings is 1. The zero-order chi connectivity index (χ0) is 24.1. The second-order valence-corrected chi connectivity index (χ2v) is 14.9. The van der Waals surface area contributed by atoms with Crippen molar-refractivity contribution in [1.82, 2.24) is 4.90 Å². The molecular formula is C20H31Br2N4O5S+. The summed E-state index contributed by atoms with van der Waals surface area (Å²) in [6.45, 7) is 8.52. The standard InChI is InChI=1S/C20H30Br2N4O5S/c1-16(2,3)31-15(29)20(22)19(21,11-32(30)14-17(4,24)13(28)25(14)20)26-8-5-18(6-9-26,7-10-26)12(23)27/h14H,5-11,24H2,1-4H3,(H-,23,27)/p+1/t14-,17+,18?,19?,20?,26?,32?/m0/s1. The first-order chi connectivity index (χ1) is 14.5. The van der Waals surface area contributed by atoms with E-state index in [4.69, 9.17) is 16.2 Å². The Morgan fingerprint density at radius 1 is 1.22 bits per heavy atom. The molecule has 0 aromatic rings. The van der Waals surface area contributed by atoms with Gasteiger partial charge >= 0.3 is 5.97 Å². The van der Waals surface area contributed by atoms with Crippen LogP contribution in [0.15, 0.2) is 0 Å². The average Bonchev–Trinajstić information content (AvgIpc) is 2.69. The van der Waals surface area contributed by atoms with Crippen LogP contribution in [-0.2, 0) is 30.3 Å². The maximum atomic E-state index is 13.8. The lowest BCUT2D eigenvalue weighted by Gasteiger charge is -2.68. The van der Waals surface area contributed by atoms with Crippen molar-refractivity contribution in [3.63, 3.8) is 0 Å². The summed E-state index contributed by atoms with van der Waals surface area (Å²) in [5, 5.41) is -0.815. The van der Waals surface area contributed by atoms with Gasteiger partial charge in [0.2, 0.25) is 15.7 Å². The third kappa shape index (κ3) is 2.95. The maximum Gasteiger partial charge on any atom is 0.352 e. The third-order valence-electron chi connectivity index (χ3n) is 7.85. The number of fused-ring (bicyclic) bond motifs is 4. The predicted molar refractivity (Wildman–Crippen MR) is 126 cm³/mol. The Morgan fingerprint density at radius 2 is 1.72 bits per heavy atom. The summed E-state index contributed by atoms with van der Waals surface area (Å²) < 4.78 is 16.9. The lowest BCUT2D eigenvalue weighted by molar-refractivity contribution is -0.973. The Bertz CT molecular complexity index is 871. The number of esters is 1. The van der Waals surface area contributed by atoms with E-state index in [-0.39, 0.29) is 11.7 Å². The van der Waals surface area contributed by atoms with Crippen molar-refractivity contribution >= 4 is 60.8 Å². The van der Waals surface area contributed by atoms with Gasteiger partial charge in [0, 0.05) is 19.3 Å². The second-order valence-electron chi connectivity index (χ2n) is 10.9. The van der Waals surface area contributed by atoms with E-state index in [1.165, 1.54) is 4.90 Å². The topological polar surface area (TPSA) is 139 Å². The molecule has 5 atom stereocenters. The van der Waals surface area contributed by atoms with Crippen LogP contribution in [0, 0.1) is 5.41 Å². The monoisotopic (exact) mass is 597 g/mol. The van der Waals surface area contributed by atoms with Crippen molar-refractivity contribution in [2.45, 2.75) is 72.4 Å². The van der Waals surface area contributed by atoms with E-state index < -0.39 is 53.9 Å². The quantitative estimate of drug-likeness (QED) is 0.122. The SMILES string of the molecule is CC(C)(C)OC(=O)C1(Br)N2C(=O)[C@@](C)(N)[C@@H]2[S+]([O-])CC1(Br)[N+]12CCC(C(N)=O)(CC1)CC2. The van der Waals surface area contributed by atoms with Gasteiger partial charge in [-0.15, -0.1) is 0 Å². The molecular weight excluding hydrogens is 568 g/mol. The molecule has 3 unspecified atom stereocenters. The molecule has 0 aromatic carbocycles. The summed E-state index contributed by atoms with van der Waals surface area (Å²) in [6, 6.07) is 0. The molecule has 32 heavy (non-hydrogen) atoms. The van der Waals surface area contributed by atoms with E-state index in [1.54, 1.807) is 27.7 Å². The Labute approximate surface area is 207 Å². The molecule has 5 rings (SSSR count). The van der Waals surface area contributed by atoms with E-state index in [9.17, 15) is 18.9 Å². The minimum Gasteiger partial charge on any atom is -0.614 e. The predicted octanol–water partition coefficient (Wildman–Crippen LogP) is 0.645. The van der Waals surface area contributed by atoms with E-state index in [0.717, 1.165) is 0 Å². The van der Waals surface area contributed by atoms with Crippen LogP contribution in [0.25, 0.3) is 0 Å². The van der Waals surface area contributed by atoms with Crippen molar-refractivity contribution in [2.75, 3.05) is 25.4 Å². The van der Waals surface area contributed by atoms with Gasteiger partial charge in [-0.1, -0.05) is 0 Å². The Hall–Kier alpha value is -0.400. The highest BCUT2D eigenvalue weighted by Crippen LogP contribution is 2.61. The van der Waals surface area contributed by atoms with Gasteiger partial charge < -0.3 is 25.2 Å². The molecule has 0 aliphatic carbocycles. The number of carbonyl (C=O) groups excluding carboxylic acids is 3. The highest BCUT2D eigenvalue weighted by molar-refractivity contribution is 9.13. The molecule has 0 aromatic heterocycles. The van der Waals surface area contributed by atoms with Crippen LogP contribution in [-0.4, -0.2) is 82.5 Å². The summed E-state index contributed by atoms with van der Waals surface area (Å²) >= 11 is 6.03. The van der Waals surface area contributed by atoms with Gasteiger partial charge in [0.05, 0.1) is 25.0 Å². The molecule has 5 aliphatic heterocycles. The largest absolute Gasteiger partial charge is 0.614 e. The summed E-state index contributed by atoms with van der Waals surface area (Å²) in [4.78, 5) is 40.5. The van der Waals surface area contributed by atoms with Crippen LogP contribution >= 0.6 is 31.9 Å². The Morgan fingerprint density at radius 3 is 2.16 bits per heavy atom. The minimum atomic E-state index is -1.62. The van der Waals surface area contributed by atoms with Crippen molar-refractivity contribution in [2.24, 2.45) is 16.9 Å². The van der Waals surface area contributed by atoms with Crippen LogP contribution in [0.4, 0.5) is 0 Å². The molecule has 5 aliphatic rings. The molecule has 5 heterocycles. The number of rotatable bonds is 3. The molecule has 0 spiro atoms. The zero-order valence-corrected chi connectivity index (χ0v) is 22.8. The number of carbonyl (C=O) groups is 3. The first-order valence-corrected chi connectivity index (χ1v) is 13.7. The lowest BCUT2D eigenvalue weighted by Crippen LogP contribution is -2.93. The molecule has 5 fully saturated rings. The van der Waals surface area contributed by atoms with Crippen molar-refractivity contribution in [3.8, 4) is 0 Å². The van der Waals surface area contributed by atoms with Gasteiger partial charge in [0.15, 0.2) is 11.3 Å². The smallest absolute Gasteiger partial charge is 0.352 e. The van der Waals surface area contributed by atoms with Gasteiger partial charge in [-0.3, -0.25) is 14.5 Å². The maximum absolute atomic E-state index is 13.8. The summed E-state index contributed by atoms with van der Waals surface area (Å²) in [7, 11) is 0. The summed E-state index contributed by atoms with van der Waals surface area (Å²) in [5.74, 6) is -1.28. The van der Waals surface area contributed by atoms with Crippen molar-refractivity contribution < 1.29 is 28.2 Å². The first-order valence-electron chi connectivity index (χ1n) is 10.7. The molecule has 4 N–H and O–H groups in total. The highest BCUT2D eigenvalue weighted by atomic mass is 79.9. The van der Waals surface area contributed by atoms with E-state index in [0.29, 0.717) is 43.4 Å². The molecule has 2 amide bonds. The number of quaternary nitrogens is 1. The van der Waals surface area contributed by atoms with Gasteiger partial charge in [0.1, 0.15) is 5.60 Å². The van der Waals surface area contributed by atoms with E-state index >= 15 is 0 Å². The zero-order valence-electron chi connectivity index (χ0n) is 18.8. The van der Waals surface area contributed by atoms with Crippen molar-refractivity contribution in [1.29, 1.82) is 0 Å². The molecule has 180 valence electrons. The Balaban J connectivity index is 1.82. The lowest BCUT2D eigenvalue weighted by atomic mass is 9.69. The van der Waals surface area contributed by atoms with Crippen molar-refractivity contribution in [3.05, 3.63) is 0 Å². The number of alkyl halides is 2. The fourth-order valence-corrected chi connectivity index (χ4v) is 10.9. The molecule has 0 radical (unpaired) electrons. The average molecular weight is 599 g/mol. The highest BCUT2D eigenvalue weighted by Gasteiger charge is 2.84. The third-order valence-corrected chi connectivity index (χ3v) is 13.6. The number of nitrogens with two attached hydrogens (primary N) is 2. The number of hydrogen-bond acceptors (Lipinski definition) is 6. The Kier molecular flexibility index (Phi) is 5.46. The number of halogens is 2.